The van der Waals surface area contributed by atoms with Crippen LogP contribution in [-0.4, -0.2) is 81.8 Å². The molecule has 204 valence electrons. The second-order valence-corrected chi connectivity index (χ2v) is 10.9. The van der Waals surface area contributed by atoms with Crippen molar-refractivity contribution in [2.75, 3.05) is 26.0 Å². The SMILES string of the molecule is CS[C@H]1O[C@@H](c2ccc(Cl)c(Cc3ccc(OCCNC(=O)NC(C)(C)CO)cc3)c2)[C@H](O)[C@@H](O)[C@@H]1O. The lowest BCUT2D eigenvalue weighted by molar-refractivity contribution is -0.200. The Hall–Kier alpha value is -2.05. The summed E-state index contributed by atoms with van der Waals surface area (Å²) in [6.07, 6.45) is -2.28. The molecule has 6 N–H and O–H groups in total. The monoisotopic (exact) mass is 554 g/mol. The zero-order valence-corrected chi connectivity index (χ0v) is 22.6. The lowest BCUT2D eigenvalue weighted by atomic mass is 9.92. The molecule has 9 nitrogen and oxygen atoms in total. The predicted molar refractivity (Wildman–Crippen MR) is 143 cm³/mol. The van der Waals surface area contributed by atoms with E-state index in [0.29, 0.717) is 29.3 Å². The fourth-order valence-electron chi connectivity index (χ4n) is 3.87. The van der Waals surface area contributed by atoms with E-state index in [0.717, 1.165) is 11.1 Å². The number of ether oxygens (including phenoxy) is 2. The molecule has 37 heavy (non-hydrogen) atoms. The number of rotatable bonds is 10. The van der Waals surface area contributed by atoms with Crippen LogP contribution in [0.25, 0.3) is 0 Å². The van der Waals surface area contributed by atoms with Gasteiger partial charge in [-0.3, -0.25) is 0 Å². The van der Waals surface area contributed by atoms with Gasteiger partial charge in [-0.15, -0.1) is 11.8 Å². The minimum atomic E-state index is -1.32. The number of hydrogen-bond donors (Lipinski definition) is 6. The standard InChI is InChI=1S/C26H35ClN2O7S/c1-26(2,14-30)29-25(34)28-10-11-35-18-7-4-15(5-8-18)12-17-13-16(6-9-19(17)27)23-21(32)20(31)22(33)24(36-23)37-3/h4-9,13,20-24,30-33H,10-12,14H2,1-3H3,(H2,28,29,34)/t20-,21-,22+,23+,24-/m1/s1. The number of amides is 2. The molecule has 3 rings (SSSR count). The van der Waals surface area contributed by atoms with Crippen molar-refractivity contribution in [1.82, 2.24) is 10.6 Å². The van der Waals surface area contributed by atoms with Crippen LogP contribution in [0, 0.1) is 0 Å². The molecule has 1 aliphatic heterocycles. The van der Waals surface area contributed by atoms with Gasteiger partial charge in [0.15, 0.2) is 0 Å². The molecule has 0 radical (unpaired) electrons. The second kappa shape index (κ2) is 13.1. The van der Waals surface area contributed by atoms with E-state index < -0.39 is 35.4 Å². The van der Waals surface area contributed by atoms with Gasteiger partial charge in [-0.1, -0.05) is 35.9 Å². The third-order valence-electron chi connectivity index (χ3n) is 6.02. The molecule has 2 aromatic carbocycles. The van der Waals surface area contributed by atoms with Crippen LogP contribution in [-0.2, 0) is 11.2 Å². The maximum atomic E-state index is 11.8. The van der Waals surface area contributed by atoms with Gasteiger partial charge in [0.2, 0.25) is 0 Å². The zero-order chi connectivity index (χ0) is 27.2. The number of benzene rings is 2. The summed E-state index contributed by atoms with van der Waals surface area (Å²) < 4.78 is 11.6. The second-order valence-electron chi connectivity index (χ2n) is 9.58. The molecule has 0 spiro atoms. The molecule has 1 fully saturated rings. The van der Waals surface area contributed by atoms with Gasteiger partial charge in [-0.05, 0) is 61.4 Å². The molecule has 1 saturated heterocycles. The number of hydrogen-bond acceptors (Lipinski definition) is 8. The third-order valence-corrected chi connectivity index (χ3v) is 7.24. The summed E-state index contributed by atoms with van der Waals surface area (Å²) in [5.41, 5.74) is 1.11. The quantitative estimate of drug-likeness (QED) is 0.246. The minimum Gasteiger partial charge on any atom is -0.492 e. The highest BCUT2D eigenvalue weighted by atomic mass is 35.5. The average molecular weight is 555 g/mol. The topological polar surface area (TPSA) is 141 Å². The average Bonchev–Trinajstić information content (AvgIpc) is 2.87. The number of aliphatic hydroxyl groups excluding tert-OH is 4. The highest BCUT2D eigenvalue weighted by molar-refractivity contribution is 7.99. The number of carbonyl (C=O) groups is 1. The lowest BCUT2D eigenvalue weighted by Crippen LogP contribution is -2.52. The van der Waals surface area contributed by atoms with Crippen LogP contribution >= 0.6 is 23.4 Å². The first kappa shape index (κ1) is 29.5. The Bertz CT molecular complexity index is 1040. The first-order valence-corrected chi connectivity index (χ1v) is 13.6. The molecule has 1 heterocycles. The van der Waals surface area contributed by atoms with Gasteiger partial charge < -0.3 is 40.5 Å². The fraction of sp³-hybridized carbons (Fsp3) is 0.500. The molecule has 0 saturated carbocycles. The van der Waals surface area contributed by atoms with Crippen LogP contribution in [0.15, 0.2) is 42.5 Å². The van der Waals surface area contributed by atoms with Crippen molar-refractivity contribution in [2.24, 2.45) is 0 Å². The highest BCUT2D eigenvalue weighted by Crippen LogP contribution is 2.37. The van der Waals surface area contributed by atoms with E-state index in [1.165, 1.54) is 11.8 Å². The van der Waals surface area contributed by atoms with Crippen LogP contribution in [0.4, 0.5) is 4.79 Å². The first-order valence-electron chi connectivity index (χ1n) is 11.9. The summed E-state index contributed by atoms with van der Waals surface area (Å²) in [5, 5.41) is 46.0. The molecule has 11 heteroatoms. The van der Waals surface area contributed by atoms with Crippen molar-refractivity contribution < 1.29 is 34.7 Å². The van der Waals surface area contributed by atoms with E-state index in [9.17, 15) is 25.2 Å². The molecule has 1 aliphatic rings. The lowest BCUT2D eigenvalue weighted by Gasteiger charge is -2.40. The van der Waals surface area contributed by atoms with E-state index in [1.54, 1.807) is 32.2 Å². The number of nitrogens with one attached hydrogen (secondary N) is 2. The minimum absolute atomic E-state index is 0.166. The Balaban J connectivity index is 1.57. The van der Waals surface area contributed by atoms with Gasteiger partial charge in [-0.25, -0.2) is 4.79 Å². The molecule has 2 amide bonds. The zero-order valence-electron chi connectivity index (χ0n) is 21.1. The smallest absolute Gasteiger partial charge is 0.315 e. The van der Waals surface area contributed by atoms with Crippen LogP contribution in [0.3, 0.4) is 0 Å². The Morgan fingerprint density at radius 2 is 1.81 bits per heavy atom. The van der Waals surface area contributed by atoms with Crippen LogP contribution in [0.2, 0.25) is 5.02 Å². The van der Waals surface area contributed by atoms with Gasteiger partial charge in [0.05, 0.1) is 18.7 Å². The molecule has 2 aromatic rings. The van der Waals surface area contributed by atoms with Gasteiger partial charge in [0.1, 0.15) is 42.2 Å². The fourth-order valence-corrected chi connectivity index (χ4v) is 4.73. The Labute approximate surface area is 226 Å². The summed E-state index contributed by atoms with van der Waals surface area (Å²) in [7, 11) is 0. The molecule has 0 aromatic heterocycles. The van der Waals surface area contributed by atoms with Gasteiger partial charge in [0, 0.05) is 5.02 Å². The van der Waals surface area contributed by atoms with Gasteiger partial charge in [-0.2, -0.15) is 0 Å². The third kappa shape index (κ3) is 7.97. The number of thioether (sulfide) groups is 1. The summed E-state index contributed by atoms with van der Waals surface area (Å²) >= 11 is 7.71. The maximum Gasteiger partial charge on any atom is 0.315 e. The van der Waals surface area contributed by atoms with Gasteiger partial charge >= 0.3 is 6.03 Å². The van der Waals surface area contributed by atoms with Crippen molar-refractivity contribution in [3.63, 3.8) is 0 Å². The summed E-state index contributed by atoms with van der Waals surface area (Å²) in [4.78, 5) is 11.8. The number of carbonyl (C=O) groups excluding carboxylic acids is 1. The first-order chi connectivity index (χ1) is 17.5. The number of halogens is 1. The predicted octanol–water partition coefficient (Wildman–Crippen LogP) is 2.22. The highest BCUT2D eigenvalue weighted by Gasteiger charge is 2.44. The van der Waals surface area contributed by atoms with Crippen molar-refractivity contribution in [3.05, 3.63) is 64.2 Å². The normalized spacial score (nSPS) is 23.9. The van der Waals surface area contributed by atoms with E-state index in [2.05, 4.69) is 10.6 Å². The van der Waals surface area contributed by atoms with E-state index in [1.807, 2.05) is 30.3 Å². The maximum absolute atomic E-state index is 11.8. The molecular formula is C26H35ClN2O7S. The van der Waals surface area contributed by atoms with Crippen LogP contribution < -0.4 is 15.4 Å². The van der Waals surface area contributed by atoms with E-state index >= 15 is 0 Å². The summed E-state index contributed by atoms with van der Waals surface area (Å²) in [6.45, 7) is 3.85. The van der Waals surface area contributed by atoms with Crippen molar-refractivity contribution in [1.29, 1.82) is 0 Å². The molecular weight excluding hydrogens is 520 g/mol. The Morgan fingerprint density at radius 1 is 1.11 bits per heavy atom. The largest absolute Gasteiger partial charge is 0.492 e. The van der Waals surface area contributed by atoms with Crippen molar-refractivity contribution in [2.45, 2.75) is 55.7 Å². The number of aliphatic hydroxyl groups is 4. The summed E-state index contributed by atoms with van der Waals surface area (Å²) in [6, 6.07) is 12.4. The Morgan fingerprint density at radius 3 is 2.46 bits per heavy atom. The van der Waals surface area contributed by atoms with E-state index in [-0.39, 0.29) is 19.2 Å². The van der Waals surface area contributed by atoms with Crippen LogP contribution in [0.5, 0.6) is 5.75 Å². The molecule has 0 aliphatic carbocycles. The van der Waals surface area contributed by atoms with E-state index in [4.69, 9.17) is 21.1 Å². The van der Waals surface area contributed by atoms with Gasteiger partial charge in [0.25, 0.3) is 0 Å². The van der Waals surface area contributed by atoms with Crippen molar-refractivity contribution >= 4 is 29.4 Å². The van der Waals surface area contributed by atoms with Crippen molar-refractivity contribution in [3.8, 4) is 5.75 Å². The number of urea groups is 1. The van der Waals surface area contributed by atoms with Crippen LogP contribution in [0.1, 0.15) is 36.6 Å². The molecule has 0 bridgehead atoms. The Kier molecular flexibility index (Phi) is 10.5. The molecule has 5 atom stereocenters. The summed E-state index contributed by atoms with van der Waals surface area (Å²) in [5.74, 6) is 0.649. The molecule has 0 unspecified atom stereocenters.